The summed E-state index contributed by atoms with van der Waals surface area (Å²) in [5.74, 6) is 2.74. The third kappa shape index (κ3) is 6.30. The van der Waals surface area contributed by atoms with Crippen molar-refractivity contribution in [3.63, 3.8) is 0 Å². The van der Waals surface area contributed by atoms with E-state index in [1.807, 2.05) is 7.05 Å². The van der Waals surface area contributed by atoms with Crippen molar-refractivity contribution in [2.75, 3.05) is 66.5 Å². The lowest BCUT2D eigenvalue weighted by Gasteiger charge is -2.24. The van der Waals surface area contributed by atoms with Crippen LogP contribution in [0.5, 0.6) is 0 Å². The molecule has 0 saturated carbocycles. The van der Waals surface area contributed by atoms with Gasteiger partial charge in [-0.1, -0.05) is 13.8 Å². The molecular formula is C18H37N5. The highest BCUT2D eigenvalue weighted by Gasteiger charge is 2.25. The number of nitrogens with zero attached hydrogens (tertiary/aromatic N) is 4. The first-order chi connectivity index (χ1) is 11.1. The summed E-state index contributed by atoms with van der Waals surface area (Å²) in [6.07, 6.45) is 3.94. The van der Waals surface area contributed by atoms with Gasteiger partial charge < -0.3 is 20.0 Å². The van der Waals surface area contributed by atoms with E-state index >= 15 is 0 Å². The van der Waals surface area contributed by atoms with Crippen LogP contribution in [0.4, 0.5) is 0 Å². The molecule has 2 rings (SSSR count). The second-order valence-corrected chi connectivity index (χ2v) is 7.70. The van der Waals surface area contributed by atoms with E-state index in [9.17, 15) is 0 Å². The van der Waals surface area contributed by atoms with Crippen LogP contribution in [-0.2, 0) is 0 Å². The number of hydrogen-bond donors (Lipinski definition) is 1. The van der Waals surface area contributed by atoms with Crippen LogP contribution in [0.1, 0.15) is 33.1 Å². The van der Waals surface area contributed by atoms with Crippen LogP contribution in [0.2, 0.25) is 0 Å². The van der Waals surface area contributed by atoms with Crippen molar-refractivity contribution in [2.24, 2.45) is 16.8 Å². The van der Waals surface area contributed by atoms with Crippen molar-refractivity contribution < 1.29 is 0 Å². The average Bonchev–Trinajstić information content (AvgIpc) is 2.85. The molecule has 0 aromatic heterocycles. The van der Waals surface area contributed by atoms with Crippen molar-refractivity contribution in [3.8, 4) is 0 Å². The van der Waals surface area contributed by atoms with E-state index in [1.165, 1.54) is 52.0 Å². The summed E-state index contributed by atoms with van der Waals surface area (Å²) in [6.45, 7) is 14.0. The van der Waals surface area contributed by atoms with Gasteiger partial charge in [0.25, 0.3) is 0 Å². The summed E-state index contributed by atoms with van der Waals surface area (Å²) in [6, 6.07) is 0. The third-order valence-corrected chi connectivity index (χ3v) is 5.13. The molecule has 1 atom stereocenters. The van der Waals surface area contributed by atoms with Crippen LogP contribution in [0.3, 0.4) is 0 Å². The lowest BCUT2D eigenvalue weighted by molar-refractivity contribution is 0.278. The van der Waals surface area contributed by atoms with E-state index < -0.39 is 0 Å². The van der Waals surface area contributed by atoms with Gasteiger partial charge in [-0.3, -0.25) is 4.99 Å². The first-order valence-electron chi connectivity index (χ1n) is 9.45. The predicted octanol–water partition coefficient (Wildman–Crippen LogP) is 1.57. The Hall–Kier alpha value is -0.810. The van der Waals surface area contributed by atoms with E-state index in [2.05, 4.69) is 45.9 Å². The lowest BCUT2D eigenvalue weighted by atomic mass is 9.97. The molecule has 0 aromatic rings. The number of likely N-dealkylation sites (tertiary alicyclic amines) is 1. The molecule has 0 radical (unpaired) electrons. The molecule has 0 aromatic carbocycles. The maximum atomic E-state index is 4.50. The Balaban J connectivity index is 1.69. The predicted molar refractivity (Wildman–Crippen MR) is 99.1 cm³/mol. The van der Waals surface area contributed by atoms with Gasteiger partial charge in [0.1, 0.15) is 0 Å². The number of rotatable bonds is 5. The van der Waals surface area contributed by atoms with Crippen molar-refractivity contribution in [3.05, 3.63) is 0 Å². The summed E-state index contributed by atoms with van der Waals surface area (Å²) in [5.41, 5.74) is 0. The van der Waals surface area contributed by atoms with Crippen molar-refractivity contribution in [2.45, 2.75) is 33.1 Å². The Morgan fingerprint density at radius 2 is 2.00 bits per heavy atom. The zero-order valence-corrected chi connectivity index (χ0v) is 15.7. The van der Waals surface area contributed by atoms with Crippen LogP contribution in [0, 0.1) is 11.8 Å². The highest BCUT2D eigenvalue weighted by atomic mass is 15.3. The molecule has 2 saturated heterocycles. The lowest BCUT2D eigenvalue weighted by Crippen LogP contribution is -2.43. The van der Waals surface area contributed by atoms with Crippen molar-refractivity contribution in [1.29, 1.82) is 0 Å². The van der Waals surface area contributed by atoms with Crippen molar-refractivity contribution in [1.82, 2.24) is 20.0 Å². The van der Waals surface area contributed by atoms with Gasteiger partial charge in [-0.25, -0.2) is 0 Å². The van der Waals surface area contributed by atoms with Gasteiger partial charge in [0.2, 0.25) is 0 Å². The number of likely N-dealkylation sites (N-methyl/N-ethyl adjacent to an activating group) is 1. The largest absolute Gasteiger partial charge is 0.355 e. The van der Waals surface area contributed by atoms with Gasteiger partial charge in [0, 0.05) is 46.3 Å². The number of hydrogen-bond acceptors (Lipinski definition) is 3. The maximum Gasteiger partial charge on any atom is 0.193 e. The monoisotopic (exact) mass is 323 g/mol. The summed E-state index contributed by atoms with van der Waals surface area (Å²) in [4.78, 5) is 12.0. The molecule has 23 heavy (non-hydrogen) atoms. The second kappa shape index (κ2) is 9.48. The number of aliphatic imine (C=N–C) groups is 1. The van der Waals surface area contributed by atoms with E-state index in [1.54, 1.807) is 0 Å². The molecule has 5 nitrogen and oxygen atoms in total. The topological polar surface area (TPSA) is 34.1 Å². The molecule has 0 amide bonds. The quantitative estimate of drug-likeness (QED) is 0.615. The Morgan fingerprint density at radius 3 is 2.74 bits per heavy atom. The van der Waals surface area contributed by atoms with E-state index in [4.69, 9.17) is 0 Å². The van der Waals surface area contributed by atoms with E-state index in [-0.39, 0.29) is 0 Å². The first-order valence-corrected chi connectivity index (χ1v) is 9.45. The molecule has 5 heteroatoms. The summed E-state index contributed by atoms with van der Waals surface area (Å²) in [5, 5.41) is 3.58. The fourth-order valence-corrected chi connectivity index (χ4v) is 3.87. The second-order valence-electron chi connectivity index (χ2n) is 7.70. The molecule has 1 unspecified atom stereocenters. The zero-order valence-electron chi connectivity index (χ0n) is 15.7. The molecule has 2 aliphatic heterocycles. The molecule has 0 spiro atoms. The SMILES string of the molecule is CN=C(NCCN1CCCN(C)CC1)N1CCC(CC(C)C)C1. The fourth-order valence-electron chi connectivity index (χ4n) is 3.87. The smallest absolute Gasteiger partial charge is 0.193 e. The highest BCUT2D eigenvalue weighted by Crippen LogP contribution is 2.23. The van der Waals surface area contributed by atoms with Gasteiger partial charge in [0.05, 0.1) is 0 Å². The molecule has 134 valence electrons. The average molecular weight is 324 g/mol. The number of guanidine groups is 1. The fraction of sp³-hybridized carbons (Fsp3) is 0.944. The summed E-state index contributed by atoms with van der Waals surface area (Å²) < 4.78 is 0. The first kappa shape index (κ1) is 18.5. The minimum Gasteiger partial charge on any atom is -0.355 e. The third-order valence-electron chi connectivity index (χ3n) is 5.13. The number of nitrogens with one attached hydrogen (secondary N) is 1. The molecule has 1 N–H and O–H groups in total. The summed E-state index contributed by atoms with van der Waals surface area (Å²) in [7, 11) is 4.14. The molecular weight excluding hydrogens is 286 g/mol. The normalized spacial score (nSPS) is 25.2. The molecule has 2 aliphatic rings. The van der Waals surface area contributed by atoms with Gasteiger partial charge in [-0.2, -0.15) is 0 Å². The van der Waals surface area contributed by atoms with Crippen LogP contribution < -0.4 is 5.32 Å². The maximum absolute atomic E-state index is 4.50. The minimum absolute atomic E-state index is 0.802. The molecule has 2 heterocycles. The van der Waals surface area contributed by atoms with Gasteiger partial charge in [-0.05, 0) is 51.2 Å². The van der Waals surface area contributed by atoms with Crippen LogP contribution in [0.25, 0.3) is 0 Å². The van der Waals surface area contributed by atoms with E-state index in [0.717, 1.165) is 37.4 Å². The van der Waals surface area contributed by atoms with Crippen molar-refractivity contribution >= 4 is 5.96 Å². The van der Waals surface area contributed by atoms with E-state index in [0.29, 0.717) is 0 Å². The Kier molecular flexibility index (Phi) is 7.63. The summed E-state index contributed by atoms with van der Waals surface area (Å²) >= 11 is 0. The Morgan fingerprint density at radius 1 is 1.17 bits per heavy atom. The van der Waals surface area contributed by atoms with Crippen LogP contribution in [-0.4, -0.2) is 87.1 Å². The molecule has 2 fully saturated rings. The van der Waals surface area contributed by atoms with Crippen LogP contribution in [0.15, 0.2) is 4.99 Å². The van der Waals surface area contributed by atoms with Crippen LogP contribution >= 0.6 is 0 Å². The highest BCUT2D eigenvalue weighted by molar-refractivity contribution is 5.80. The molecule has 0 aliphatic carbocycles. The van der Waals surface area contributed by atoms with Gasteiger partial charge in [-0.15, -0.1) is 0 Å². The Bertz CT molecular complexity index is 368. The zero-order chi connectivity index (χ0) is 16.7. The van der Waals surface area contributed by atoms with Gasteiger partial charge >= 0.3 is 0 Å². The molecule has 0 bridgehead atoms. The van der Waals surface area contributed by atoms with Gasteiger partial charge in [0.15, 0.2) is 5.96 Å². The standard InChI is InChI=1S/C18H37N5/c1-16(2)14-17-6-10-23(15-17)18(19-3)20-7-11-22-9-5-8-21(4)12-13-22/h16-17H,5-15H2,1-4H3,(H,19,20). The Labute approximate surface area is 143 Å². The minimum atomic E-state index is 0.802.